The molecule has 0 aromatic rings. The van der Waals surface area contributed by atoms with Crippen LogP contribution in [-0.2, 0) is 19.1 Å². The number of carbonyl (C=O) groups excluding carboxylic acids is 2. The molecule has 0 rings (SSSR count). The largest absolute Gasteiger partial charge is 0.462 e. The maximum Gasteiger partial charge on any atom is 0.306 e. The van der Waals surface area contributed by atoms with Gasteiger partial charge in [-0.15, -0.1) is 0 Å². The third-order valence-corrected chi connectivity index (χ3v) is 7.48. The van der Waals surface area contributed by atoms with E-state index in [1.54, 1.807) is 0 Å². The van der Waals surface area contributed by atoms with Gasteiger partial charge in [0.1, 0.15) is 6.61 Å². The third-order valence-electron chi connectivity index (χ3n) is 7.48. The van der Waals surface area contributed by atoms with Gasteiger partial charge in [0, 0.05) is 12.8 Å². The molecule has 0 fully saturated rings. The third kappa shape index (κ3) is 23.3. The normalized spacial score (nSPS) is 13.8. The molecule has 0 aliphatic carbocycles. The van der Waals surface area contributed by atoms with E-state index in [-0.39, 0.29) is 25.2 Å². The van der Waals surface area contributed by atoms with Gasteiger partial charge in [0.2, 0.25) is 0 Å². The Bertz CT molecular complexity index is 507. The van der Waals surface area contributed by atoms with Crippen molar-refractivity contribution in [1.82, 2.24) is 0 Å². The predicted molar refractivity (Wildman–Crippen MR) is 150 cm³/mol. The molecule has 214 valence electrons. The summed E-state index contributed by atoms with van der Waals surface area (Å²) in [6.45, 7) is 8.77. The average molecular weight is 513 g/mol. The standard InChI is InChI=1S/C31H60O5/c1-5-27(3)21-17-13-9-7-8-10-15-19-23-30(33)35-26-29(25-32)36-31(34)24-20-16-12-11-14-18-22-28(4)6-2/h27-29,32H,5-26H2,1-4H3/t27?,28?,29-/m0/s1. The van der Waals surface area contributed by atoms with Crippen molar-refractivity contribution in [3.8, 4) is 0 Å². The van der Waals surface area contributed by atoms with Crippen molar-refractivity contribution in [2.45, 2.75) is 162 Å². The van der Waals surface area contributed by atoms with Gasteiger partial charge in [-0.3, -0.25) is 9.59 Å². The van der Waals surface area contributed by atoms with Crippen molar-refractivity contribution in [3.05, 3.63) is 0 Å². The average Bonchev–Trinajstić information content (AvgIpc) is 2.88. The Hall–Kier alpha value is -1.10. The molecular weight excluding hydrogens is 452 g/mol. The topological polar surface area (TPSA) is 72.8 Å². The number of esters is 2. The van der Waals surface area contributed by atoms with E-state index >= 15 is 0 Å². The predicted octanol–water partition coefficient (Wildman–Crippen LogP) is 8.55. The van der Waals surface area contributed by atoms with Crippen LogP contribution in [0.3, 0.4) is 0 Å². The van der Waals surface area contributed by atoms with E-state index in [9.17, 15) is 14.7 Å². The molecule has 36 heavy (non-hydrogen) atoms. The Morgan fingerprint density at radius 1 is 0.611 bits per heavy atom. The van der Waals surface area contributed by atoms with Crippen LogP contribution in [0.4, 0.5) is 0 Å². The van der Waals surface area contributed by atoms with Crippen LogP contribution in [0, 0.1) is 11.8 Å². The van der Waals surface area contributed by atoms with Crippen molar-refractivity contribution in [2.75, 3.05) is 13.2 Å². The summed E-state index contributed by atoms with van der Waals surface area (Å²) in [5.74, 6) is 1.09. The molecule has 0 aliphatic rings. The van der Waals surface area contributed by atoms with Crippen molar-refractivity contribution < 1.29 is 24.2 Å². The fourth-order valence-electron chi connectivity index (χ4n) is 4.33. The second-order valence-electron chi connectivity index (χ2n) is 11.0. The highest BCUT2D eigenvalue weighted by Gasteiger charge is 2.16. The number of hydrogen-bond donors (Lipinski definition) is 1. The maximum atomic E-state index is 12.0. The quantitative estimate of drug-likeness (QED) is 0.0928. The Balaban J connectivity index is 3.62. The molecule has 2 unspecified atom stereocenters. The fraction of sp³-hybridized carbons (Fsp3) is 0.935. The van der Waals surface area contributed by atoms with E-state index in [1.165, 1.54) is 77.0 Å². The van der Waals surface area contributed by atoms with Gasteiger partial charge in [0.25, 0.3) is 0 Å². The summed E-state index contributed by atoms with van der Waals surface area (Å²) in [5.41, 5.74) is 0. The van der Waals surface area contributed by atoms with Crippen molar-refractivity contribution in [1.29, 1.82) is 0 Å². The second-order valence-corrected chi connectivity index (χ2v) is 11.0. The summed E-state index contributed by atoms with van der Waals surface area (Å²) in [7, 11) is 0. The van der Waals surface area contributed by atoms with Crippen LogP contribution in [0.15, 0.2) is 0 Å². The molecule has 0 heterocycles. The molecular formula is C31H60O5. The van der Waals surface area contributed by atoms with Crippen LogP contribution in [0.1, 0.15) is 156 Å². The molecule has 0 bridgehead atoms. The van der Waals surface area contributed by atoms with Crippen LogP contribution in [0.2, 0.25) is 0 Å². The molecule has 0 saturated carbocycles. The number of ether oxygens (including phenoxy) is 2. The molecule has 0 saturated heterocycles. The molecule has 0 spiro atoms. The highest BCUT2D eigenvalue weighted by molar-refractivity contribution is 5.70. The highest BCUT2D eigenvalue weighted by atomic mass is 16.6. The van der Waals surface area contributed by atoms with Crippen molar-refractivity contribution >= 4 is 11.9 Å². The first kappa shape index (κ1) is 34.9. The molecule has 0 aromatic heterocycles. The molecule has 3 atom stereocenters. The first-order valence-electron chi connectivity index (χ1n) is 15.4. The summed E-state index contributed by atoms with van der Waals surface area (Å²) >= 11 is 0. The van der Waals surface area contributed by atoms with Gasteiger partial charge in [0.15, 0.2) is 6.10 Å². The lowest BCUT2D eigenvalue weighted by atomic mass is 9.99. The Kier molecular flexibility index (Phi) is 24.8. The number of aliphatic hydroxyl groups excluding tert-OH is 1. The van der Waals surface area contributed by atoms with Crippen LogP contribution >= 0.6 is 0 Å². The molecule has 1 N–H and O–H groups in total. The SMILES string of the molecule is CCC(C)CCCCCCCCCCC(=O)OC[C@H](CO)OC(=O)CCCCCCCCC(C)CC. The molecule has 0 radical (unpaired) electrons. The van der Waals surface area contributed by atoms with Crippen LogP contribution in [-0.4, -0.2) is 36.4 Å². The molecule has 5 nitrogen and oxygen atoms in total. The summed E-state index contributed by atoms with van der Waals surface area (Å²) in [5, 5.41) is 9.46. The van der Waals surface area contributed by atoms with Gasteiger partial charge >= 0.3 is 11.9 Å². The lowest BCUT2D eigenvalue weighted by Gasteiger charge is -2.15. The highest BCUT2D eigenvalue weighted by Crippen LogP contribution is 2.16. The summed E-state index contributed by atoms with van der Waals surface area (Å²) in [6.07, 6.45) is 21.5. The lowest BCUT2D eigenvalue weighted by molar-refractivity contribution is -0.161. The molecule has 5 heteroatoms. The van der Waals surface area contributed by atoms with E-state index in [1.807, 2.05) is 0 Å². The minimum Gasteiger partial charge on any atom is -0.462 e. The van der Waals surface area contributed by atoms with Gasteiger partial charge in [-0.1, -0.05) is 130 Å². The monoisotopic (exact) mass is 512 g/mol. The van der Waals surface area contributed by atoms with Gasteiger partial charge in [-0.25, -0.2) is 0 Å². The first-order chi connectivity index (χ1) is 17.4. The van der Waals surface area contributed by atoms with Gasteiger partial charge < -0.3 is 14.6 Å². The second kappa shape index (κ2) is 25.5. The van der Waals surface area contributed by atoms with Gasteiger partial charge in [0.05, 0.1) is 6.61 Å². The summed E-state index contributed by atoms with van der Waals surface area (Å²) < 4.78 is 10.5. The number of hydrogen-bond acceptors (Lipinski definition) is 5. The van der Waals surface area contributed by atoms with E-state index < -0.39 is 6.10 Å². The first-order valence-corrected chi connectivity index (χ1v) is 15.4. The number of rotatable bonds is 26. The zero-order valence-corrected chi connectivity index (χ0v) is 24.4. The summed E-state index contributed by atoms with van der Waals surface area (Å²) in [4.78, 5) is 24.0. The fourth-order valence-corrected chi connectivity index (χ4v) is 4.33. The van der Waals surface area contributed by atoms with E-state index in [2.05, 4.69) is 27.7 Å². The molecule has 0 aromatic carbocycles. The Labute approximate surface area is 223 Å². The zero-order chi connectivity index (χ0) is 26.9. The number of unbranched alkanes of at least 4 members (excludes halogenated alkanes) is 12. The van der Waals surface area contributed by atoms with Crippen molar-refractivity contribution in [2.24, 2.45) is 11.8 Å². The lowest BCUT2D eigenvalue weighted by Crippen LogP contribution is -2.28. The van der Waals surface area contributed by atoms with Gasteiger partial charge in [-0.2, -0.15) is 0 Å². The van der Waals surface area contributed by atoms with Gasteiger partial charge in [-0.05, 0) is 24.7 Å². The summed E-state index contributed by atoms with van der Waals surface area (Å²) in [6, 6.07) is 0. The van der Waals surface area contributed by atoms with Crippen molar-refractivity contribution in [3.63, 3.8) is 0 Å². The minimum atomic E-state index is -0.762. The van der Waals surface area contributed by atoms with E-state index in [0.29, 0.717) is 12.8 Å². The minimum absolute atomic E-state index is 0.0616. The Morgan fingerprint density at radius 2 is 1.00 bits per heavy atom. The van der Waals surface area contributed by atoms with E-state index in [0.717, 1.165) is 50.4 Å². The molecule has 0 aliphatic heterocycles. The zero-order valence-electron chi connectivity index (χ0n) is 24.4. The number of carbonyl (C=O) groups is 2. The van der Waals surface area contributed by atoms with E-state index in [4.69, 9.17) is 9.47 Å². The maximum absolute atomic E-state index is 12.0. The number of aliphatic hydroxyl groups is 1. The smallest absolute Gasteiger partial charge is 0.306 e. The van der Waals surface area contributed by atoms with Crippen LogP contribution < -0.4 is 0 Å². The van der Waals surface area contributed by atoms with Crippen LogP contribution in [0.25, 0.3) is 0 Å². The Morgan fingerprint density at radius 3 is 1.42 bits per heavy atom. The van der Waals surface area contributed by atoms with Crippen LogP contribution in [0.5, 0.6) is 0 Å². The molecule has 0 amide bonds.